The Hall–Kier alpha value is -1.82. The number of furan rings is 1. The SMILES string of the molecule is CCCN1CCC(NC(=O)C(NC(=O)c2ccco2)C(C)C)CC1. The third-order valence-electron chi connectivity index (χ3n) is 4.45. The summed E-state index contributed by atoms with van der Waals surface area (Å²) in [7, 11) is 0. The van der Waals surface area contributed by atoms with Crippen molar-refractivity contribution < 1.29 is 14.0 Å². The molecule has 1 unspecified atom stereocenters. The fraction of sp³-hybridized carbons (Fsp3) is 0.667. The van der Waals surface area contributed by atoms with E-state index in [-0.39, 0.29) is 29.5 Å². The normalized spacial score (nSPS) is 17.7. The maximum absolute atomic E-state index is 12.6. The fourth-order valence-corrected chi connectivity index (χ4v) is 3.06. The summed E-state index contributed by atoms with van der Waals surface area (Å²) < 4.78 is 5.09. The number of carbonyl (C=O) groups excluding carboxylic acids is 2. The van der Waals surface area contributed by atoms with E-state index in [0.29, 0.717) is 0 Å². The van der Waals surface area contributed by atoms with Gasteiger partial charge in [0.05, 0.1) is 6.26 Å². The minimum absolute atomic E-state index is 0.00379. The Morgan fingerprint density at radius 2 is 2.04 bits per heavy atom. The highest BCUT2D eigenvalue weighted by atomic mass is 16.3. The molecule has 1 aliphatic rings. The Morgan fingerprint density at radius 3 is 2.58 bits per heavy atom. The second-order valence-electron chi connectivity index (χ2n) is 6.80. The average molecular weight is 335 g/mol. The van der Waals surface area contributed by atoms with E-state index in [1.165, 1.54) is 6.26 Å². The molecule has 1 saturated heterocycles. The number of hydrogen-bond acceptors (Lipinski definition) is 4. The van der Waals surface area contributed by atoms with Crippen molar-refractivity contribution in [1.29, 1.82) is 0 Å². The molecule has 0 bridgehead atoms. The summed E-state index contributed by atoms with van der Waals surface area (Å²) in [5.41, 5.74) is 0. The molecule has 2 amide bonds. The van der Waals surface area contributed by atoms with Gasteiger partial charge in [-0.25, -0.2) is 0 Å². The van der Waals surface area contributed by atoms with Crippen LogP contribution in [0.5, 0.6) is 0 Å². The molecule has 2 heterocycles. The highest BCUT2D eigenvalue weighted by molar-refractivity contribution is 5.95. The molecule has 2 N–H and O–H groups in total. The van der Waals surface area contributed by atoms with Crippen LogP contribution in [0.2, 0.25) is 0 Å². The Morgan fingerprint density at radius 1 is 1.33 bits per heavy atom. The van der Waals surface area contributed by atoms with Gasteiger partial charge in [-0.05, 0) is 43.9 Å². The van der Waals surface area contributed by atoms with Crippen molar-refractivity contribution in [2.75, 3.05) is 19.6 Å². The lowest BCUT2D eigenvalue weighted by Crippen LogP contribution is -2.54. The monoisotopic (exact) mass is 335 g/mol. The minimum Gasteiger partial charge on any atom is -0.459 e. The summed E-state index contributed by atoms with van der Waals surface area (Å²) in [4.78, 5) is 27.2. The predicted molar refractivity (Wildman–Crippen MR) is 92.7 cm³/mol. The Bertz CT molecular complexity index is 520. The number of amides is 2. The van der Waals surface area contributed by atoms with Crippen molar-refractivity contribution in [3.63, 3.8) is 0 Å². The molecule has 2 rings (SSSR count). The summed E-state index contributed by atoms with van der Waals surface area (Å²) in [6.45, 7) is 9.19. The van der Waals surface area contributed by atoms with Gasteiger partial charge in [0, 0.05) is 19.1 Å². The topological polar surface area (TPSA) is 74.6 Å². The molecule has 0 radical (unpaired) electrons. The third-order valence-corrected chi connectivity index (χ3v) is 4.45. The zero-order chi connectivity index (χ0) is 17.5. The van der Waals surface area contributed by atoms with Crippen LogP contribution in [0.3, 0.4) is 0 Å². The van der Waals surface area contributed by atoms with Gasteiger partial charge in [-0.15, -0.1) is 0 Å². The van der Waals surface area contributed by atoms with Crippen LogP contribution in [-0.4, -0.2) is 48.4 Å². The Kier molecular flexibility index (Phi) is 6.85. The molecular formula is C18H29N3O3. The molecule has 24 heavy (non-hydrogen) atoms. The third kappa shape index (κ3) is 5.09. The van der Waals surface area contributed by atoms with Crippen LogP contribution in [-0.2, 0) is 4.79 Å². The van der Waals surface area contributed by atoms with Crippen molar-refractivity contribution in [2.24, 2.45) is 5.92 Å². The number of nitrogens with zero attached hydrogens (tertiary/aromatic N) is 1. The summed E-state index contributed by atoms with van der Waals surface area (Å²) in [5.74, 6) is -0.240. The lowest BCUT2D eigenvalue weighted by molar-refractivity contribution is -0.125. The lowest BCUT2D eigenvalue weighted by Gasteiger charge is -2.33. The average Bonchev–Trinajstić information content (AvgIpc) is 3.08. The Labute approximate surface area is 144 Å². The van der Waals surface area contributed by atoms with E-state index in [0.717, 1.165) is 38.9 Å². The van der Waals surface area contributed by atoms with Crippen molar-refractivity contribution in [3.05, 3.63) is 24.2 Å². The van der Waals surface area contributed by atoms with Crippen LogP contribution in [0.25, 0.3) is 0 Å². The molecular weight excluding hydrogens is 306 g/mol. The number of hydrogen-bond donors (Lipinski definition) is 2. The molecule has 134 valence electrons. The van der Waals surface area contributed by atoms with Gasteiger partial charge >= 0.3 is 0 Å². The van der Waals surface area contributed by atoms with Gasteiger partial charge in [-0.1, -0.05) is 20.8 Å². The first-order valence-corrected chi connectivity index (χ1v) is 8.88. The quantitative estimate of drug-likeness (QED) is 0.799. The second-order valence-corrected chi connectivity index (χ2v) is 6.80. The van der Waals surface area contributed by atoms with Gasteiger partial charge in [0.25, 0.3) is 5.91 Å². The van der Waals surface area contributed by atoms with E-state index in [2.05, 4.69) is 22.5 Å². The molecule has 6 heteroatoms. The van der Waals surface area contributed by atoms with Crippen molar-refractivity contribution in [3.8, 4) is 0 Å². The summed E-state index contributed by atoms with van der Waals surface area (Å²) in [6, 6.07) is 2.88. The standard InChI is InChI=1S/C18H29N3O3/c1-4-9-21-10-7-14(8-11-21)19-18(23)16(13(2)3)20-17(22)15-6-5-12-24-15/h5-6,12-14,16H,4,7-11H2,1-3H3,(H,19,23)(H,20,22). The van der Waals surface area contributed by atoms with Gasteiger partial charge in [-0.3, -0.25) is 9.59 Å². The van der Waals surface area contributed by atoms with Crippen LogP contribution in [0.1, 0.15) is 50.6 Å². The number of likely N-dealkylation sites (tertiary alicyclic amines) is 1. The van der Waals surface area contributed by atoms with Crippen molar-refractivity contribution in [2.45, 2.75) is 52.1 Å². The largest absolute Gasteiger partial charge is 0.459 e. The van der Waals surface area contributed by atoms with E-state index in [4.69, 9.17) is 4.42 Å². The van der Waals surface area contributed by atoms with E-state index in [1.807, 2.05) is 13.8 Å². The first-order valence-electron chi connectivity index (χ1n) is 8.88. The lowest BCUT2D eigenvalue weighted by atomic mass is 10.0. The van der Waals surface area contributed by atoms with Crippen LogP contribution in [0.15, 0.2) is 22.8 Å². The number of carbonyl (C=O) groups is 2. The summed E-state index contributed by atoms with van der Waals surface area (Å²) in [6.07, 6.45) is 4.53. The summed E-state index contributed by atoms with van der Waals surface area (Å²) in [5, 5.41) is 5.88. The molecule has 0 aromatic carbocycles. The molecule has 1 aliphatic heterocycles. The van der Waals surface area contributed by atoms with Crippen molar-refractivity contribution >= 4 is 11.8 Å². The smallest absolute Gasteiger partial charge is 0.287 e. The van der Waals surface area contributed by atoms with Gasteiger partial charge in [0.2, 0.25) is 5.91 Å². The van der Waals surface area contributed by atoms with Gasteiger partial charge in [-0.2, -0.15) is 0 Å². The molecule has 0 saturated carbocycles. The van der Waals surface area contributed by atoms with Crippen LogP contribution in [0.4, 0.5) is 0 Å². The highest BCUT2D eigenvalue weighted by Gasteiger charge is 2.28. The van der Waals surface area contributed by atoms with Gasteiger partial charge in [0.1, 0.15) is 6.04 Å². The first-order chi connectivity index (χ1) is 11.5. The molecule has 1 fully saturated rings. The number of piperidine rings is 1. The predicted octanol–water partition coefficient (Wildman–Crippen LogP) is 2.02. The van der Waals surface area contributed by atoms with E-state index >= 15 is 0 Å². The highest BCUT2D eigenvalue weighted by Crippen LogP contribution is 2.12. The maximum Gasteiger partial charge on any atom is 0.287 e. The van der Waals surface area contributed by atoms with Crippen LogP contribution in [0, 0.1) is 5.92 Å². The number of rotatable bonds is 7. The minimum atomic E-state index is -0.559. The zero-order valence-corrected chi connectivity index (χ0v) is 14.9. The second kappa shape index (κ2) is 8.87. The summed E-state index contributed by atoms with van der Waals surface area (Å²) >= 11 is 0. The molecule has 1 aromatic rings. The van der Waals surface area contributed by atoms with Crippen LogP contribution >= 0.6 is 0 Å². The molecule has 0 aliphatic carbocycles. The van der Waals surface area contributed by atoms with Crippen molar-refractivity contribution in [1.82, 2.24) is 15.5 Å². The number of nitrogens with one attached hydrogen (secondary N) is 2. The molecule has 6 nitrogen and oxygen atoms in total. The fourth-order valence-electron chi connectivity index (χ4n) is 3.06. The molecule has 0 spiro atoms. The molecule has 1 aromatic heterocycles. The van der Waals surface area contributed by atoms with Gasteiger partial charge in [0.15, 0.2) is 5.76 Å². The Balaban J connectivity index is 1.87. The van der Waals surface area contributed by atoms with E-state index in [9.17, 15) is 9.59 Å². The first kappa shape index (κ1) is 18.5. The maximum atomic E-state index is 12.6. The van der Waals surface area contributed by atoms with Gasteiger partial charge < -0.3 is 20.0 Å². The van der Waals surface area contributed by atoms with E-state index < -0.39 is 6.04 Å². The van der Waals surface area contributed by atoms with E-state index in [1.54, 1.807) is 12.1 Å². The molecule has 1 atom stereocenters. The van der Waals surface area contributed by atoms with Crippen LogP contribution < -0.4 is 10.6 Å². The zero-order valence-electron chi connectivity index (χ0n) is 14.9.